The van der Waals surface area contributed by atoms with E-state index < -0.39 is 0 Å². The molecule has 86 valence electrons. The Morgan fingerprint density at radius 3 is 2.13 bits per heavy atom. The number of hydrogen-bond acceptors (Lipinski definition) is 2. The van der Waals surface area contributed by atoms with Gasteiger partial charge in [-0.3, -0.25) is 0 Å². The lowest BCUT2D eigenvalue weighted by Crippen LogP contribution is -2.15. The summed E-state index contributed by atoms with van der Waals surface area (Å²) in [5.74, 6) is 1.61. The average Bonchev–Trinajstić information content (AvgIpc) is 2.46. The number of nitrogens with one attached hydrogen (secondary N) is 1. The summed E-state index contributed by atoms with van der Waals surface area (Å²) in [5, 5.41) is 8.05. The van der Waals surface area contributed by atoms with E-state index in [9.17, 15) is 0 Å². The van der Waals surface area contributed by atoms with Crippen molar-refractivity contribution < 1.29 is 0 Å². The lowest BCUT2D eigenvalue weighted by atomic mass is 10.1. The molecule has 0 unspecified atom stereocenters. The first-order valence-corrected chi connectivity index (χ1v) is 5.77. The van der Waals surface area contributed by atoms with Crippen molar-refractivity contribution in [3.8, 4) is 0 Å². The Balaban J connectivity index is 3.00. The Morgan fingerprint density at radius 2 is 1.73 bits per heavy atom. The zero-order valence-electron chi connectivity index (χ0n) is 10.7. The maximum absolute atomic E-state index is 4.62. The third kappa shape index (κ3) is 2.98. The van der Waals surface area contributed by atoms with E-state index in [1.54, 1.807) is 0 Å². The standard InChI is InChI=1S/C12H23N3/c1-8(2)11-7-12(13-9(3)4)15(14-11)10(5)6/h7-10,13H,1-6H3. The maximum Gasteiger partial charge on any atom is 0.125 e. The van der Waals surface area contributed by atoms with Crippen LogP contribution in [0.1, 0.15) is 59.2 Å². The fourth-order valence-corrected chi connectivity index (χ4v) is 1.49. The summed E-state index contributed by atoms with van der Waals surface area (Å²) in [4.78, 5) is 0. The van der Waals surface area contributed by atoms with Gasteiger partial charge in [0.1, 0.15) is 5.82 Å². The summed E-state index contributed by atoms with van der Waals surface area (Å²) < 4.78 is 2.06. The van der Waals surface area contributed by atoms with Crippen molar-refractivity contribution in [1.29, 1.82) is 0 Å². The summed E-state index contributed by atoms with van der Waals surface area (Å²) in [7, 11) is 0. The van der Waals surface area contributed by atoms with Crippen molar-refractivity contribution in [2.75, 3.05) is 5.32 Å². The van der Waals surface area contributed by atoms with E-state index in [1.165, 1.54) is 0 Å². The highest BCUT2D eigenvalue weighted by Gasteiger charge is 2.12. The summed E-state index contributed by atoms with van der Waals surface area (Å²) in [6.07, 6.45) is 0. The van der Waals surface area contributed by atoms with Crippen molar-refractivity contribution in [3.63, 3.8) is 0 Å². The summed E-state index contributed by atoms with van der Waals surface area (Å²) in [6.45, 7) is 12.9. The molecule has 0 saturated heterocycles. The molecule has 0 aliphatic rings. The highest BCUT2D eigenvalue weighted by atomic mass is 15.3. The summed E-state index contributed by atoms with van der Waals surface area (Å²) >= 11 is 0. The van der Waals surface area contributed by atoms with Crippen molar-refractivity contribution in [1.82, 2.24) is 9.78 Å². The molecule has 0 amide bonds. The van der Waals surface area contributed by atoms with Gasteiger partial charge in [-0.25, -0.2) is 4.68 Å². The van der Waals surface area contributed by atoms with Gasteiger partial charge in [0, 0.05) is 18.2 Å². The fraction of sp³-hybridized carbons (Fsp3) is 0.750. The quantitative estimate of drug-likeness (QED) is 0.823. The predicted octanol–water partition coefficient (Wildman–Crippen LogP) is 3.41. The van der Waals surface area contributed by atoms with Crippen LogP contribution in [-0.2, 0) is 0 Å². The van der Waals surface area contributed by atoms with Gasteiger partial charge < -0.3 is 5.32 Å². The number of nitrogens with zero attached hydrogens (tertiary/aromatic N) is 2. The van der Waals surface area contributed by atoms with Crippen LogP contribution in [0.2, 0.25) is 0 Å². The van der Waals surface area contributed by atoms with Crippen LogP contribution in [0.25, 0.3) is 0 Å². The number of anilines is 1. The van der Waals surface area contributed by atoms with Gasteiger partial charge in [0.15, 0.2) is 0 Å². The van der Waals surface area contributed by atoms with E-state index in [0.29, 0.717) is 18.0 Å². The minimum Gasteiger partial charge on any atom is -0.368 e. The molecule has 0 atom stereocenters. The molecule has 1 aromatic rings. The molecule has 0 aliphatic heterocycles. The molecule has 1 aromatic heterocycles. The highest BCUT2D eigenvalue weighted by Crippen LogP contribution is 2.21. The van der Waals surface area contributed by atoms with Gasteiger partial charge in [-0.1, -0.05) is 13.8 Å². The SMILES string of the molecule is CC(C)Nc1cc(C(C)C)nn1C(C)C. The van der Waals surface area contributed by atoms with E-state index in [-0.39, 0.29) is 0 Å². The Morgan fingerprint density at radius 1 is 1.13 bits per heavy atom. The Bertz CT molecular complexity index is 311. The van der Waals surface area contributed by atoms with Crippen LogP contribution in [-0.4, -0.2) is 15.8 Å². The van der Waals surface area contributed by atoms with Crippen LogP contribution in [0.5, 0.6) is 0 Å². The van der Waals surface area contributed by atoms with Crippen molar-refractivity contribution in [2.45, 2.75) is 59.5 Å². The maximum atomic E-state index is 4.62. The smallest absolute Gasteiger partial charge is 0.125 e. The number of aromatic nitrogens is 2. The molecule has 0 aromatic carbocycles. The van der Waals surface area contributed by atoms with Gasteiger partial charge in [0.2, 0.25) is 0 Å². The first-order chi connectivity index (χ1) is 6.91. The van der Waals surface area contributed by atoms with Crippen LogP contribution in [0, 0.1) is 0 Å². The van der Waals surface area contributed by atoms with Gasteiger partial charge in [-0.05, 0) is 33.6 Å². The van der Waals surface area contributed by atoms with E-state index in [0.717, 1.165) is 11.5 Å². The van der Waals surface area contributed by atoms with Crippen LogP contribution in [0.3, 0.4) is 0 Å². The third-order valence-electron chi connectivity index (χ3n) is 2.27. The minimum absolute atomic E-state index is 0.402. The molecule has 0 spiro atoms. The van der Waals surface area contributed by atoms with Crippen LogP contribution < -0.4 is 5.32 Å². The molecular weight excluding hydrogens is 186 g/mol. The summed E-state index contributed by atoms with van der Waals surface area (Å²) in [5.41, 5.74) is 1.16. The largest absolute Gasteiger partial charge is 0.368 e. The second kappa shape index (κ2) is 4.69. The van der Waals surface area contributed by atoms with Crippen molar-refractivity contribution in [3.05, 3.63) is 11.8 Å². The Hall–Kier alpha value is -0.990. The van der Waals surface area contributed by atoms with Gasteiger partial charge in [0.25, 0.3) is 0 Å². The van der Waals surface area contributed by atoms with Crippen LogP contribution in [0.15, 0.2) is 6.07 Å². The van der Waals surface area contributed by atoms with Crippen molar-refractivity contribution in [2.24, 2.45) is 0 Å². The molecule has 1 heterocycles. The molecule has 1 rings (SSSR count). The zero-order chi connectivity index (χ0) is 11.6. The fourth-order valence-electron chi connectivity index (χ4n) is 1.49. The van der Waals surface area contributed by atoms with Crippen LogP contribution >= 0.6 is 0 Å². The number of hydrogen-bond donors (Lipinski definition) is 1. The summed E-state index contributed by atoms with van der Waals surface area (Å²) in [6, 6.07) is 3.00. The molecule has 15 heavy (non-hydrogen) atoms. The third-order valence-corrected chi connectivity index (χ3v) is 2.27. The number of rotatable bonds is 4. The first kappa shape index (κ1) is 12.1. The van der Waals surface area contributed by atoms with E-state index in [4.69, 9.17) is 0 Å². The molecule has 0 saturated carbocycles. The topological polar surface area (TPSA) is 29.9 Å². The minimum atomic E-state index is 0.402. The van der Waals surface area contributed by atoms with Gasteiger partial charge in [-0.2, -0.15) is 5.10 Å². The van der Waals surface area contributed by atoms with Gasteiger partial charge in [-0.15, -0.1) is 0 Å². The lowest BCUT2D eigenvalue weighted by molar-refractivity contribution is 0.526. The Labute approximate surface area is 92.9 Å². The molecule has 1 N–H and O–H groups in total. The molecule has 0 aliphatic carbocycles. The van der Waals surface area contributed by atoms with E-state index in [2.05, 4.69) is 62.7 Å². The monoisotopic (exact) mass is 209 g/mol. The first-order valence-electron chi connectivity index (χ1n) is 5.77. The molecule has 0 fully saturated rings. The molecular formula is C12H23N3. The van der Waals surface area contributed by atoms with Gasteiger partial charge in [0.05, 0.1) is 5.69 Å². The second-order valence-electron chi connectivity index (χ2n) is 4.95. The molecule has 0 radical (unpaired) electrons. The molecule has 0 bridgehead atoms. The van der Waals surface area contributed by atoms with E-state index >= 15 is 0 Å². The zero-order valence-corrected chi connectivity index (χ0v) is 10.7. The van der Waals surface area contributed by atoms with Crippen LogP contribution in [0.4, 0.5) is 5.82 Å². The average molecular weight is 209 g/mol. The lowest BCUT2D eigenvalue weighted by Gasteiger charge is -2.14. The van der Waals surface area contributed by atoms with E-state index in [1.807, 2.05) is 0 Å². The second-order valence-corrected chi connectivity index (χ2v) is 4.95. The Kier molecular flexibility index (Phi) is 3.77. The van der Waals surface area contributed by atoms with Gasteiger partial charge >= 0.3 is 0 Å². The molecule has 3 nitrogen and oxygen atoms in total. The predicted molar refractivity (Wildman–Crippen MR) is 65.5 cm³/mol. The van der Waals surface area contributed by atoms with Crippen molar-refractivity contribution >= 4 is 5.82 Å². The normalized spacial score (nSPS) is 11.8. The highest BCUT2D eigenvalue weighted by molar-refractivity contribution is 5.39. The molecule has 3 heteroatoms.